The second-order valence-electron chi connectivity index (χ2n) is 3.83. The van der Waals surface area contributed by atoms with Crippen molar-refractivity contribution in [2.75, 3.05) is 19.6 Å². The molecule has 0 bridgehead atoms. The van der Waals surface area contributed by atoms with Gasteiger partial charge in [-0.1, -0.05) is 0 Å². The average Bonchev–Trinajstić information content (AvgIpc) is 2.27. The van der Waals surface area contributed by atoms with Crippen molar-refractivity contribution in [1.82, 2.24) is 9.03 Å². The minimum absolute atomic E-state index is 0.0799. The summed E-state index contributed by atoms with van der Waals surface area (Å²) in [7, 11) is -3.83. The highest BCUT2D eigenvalue weighted by Crippen LogP contribution is 2.18. The fraction of sp³-hybridized carbons (Fsp3) is 0.750. The molecule has 1 amide bonds. The lowest BCUT2D eigenvalue weighted by atomic mass is 10.0. The molecule has 1 fully saturated rings. The summed E-state index contributed by atoms with van der Waals surface area (Å²) in [5, 5.41) is 8.82. The molecule has 0 aromatic rings. The maximum Gasteiger partial charge on any atom is 0.307 e. The molecule has 1 saturated heterocycles. The van der Waals surface area contributed by atoms with Crippen LogP contribution in [-0.2, 0) is 19.8 Å². The minimum atomic E-state index is -3.83. The molecule has 1 unspecified atom stereocenters. The van der Waals surface area contributed by atoms with E-state index in [-0.39, 0.29) is 13.1 Å². The molecule has 1 atom stereocenters. The molecule has 98 valence electrons. The summed E-state index contributed by atoms with van der Waals surface area (Å²) >= 11 is 0. The van der Waals surface area contributed by atoms with Gasteiger partial charge < -0.3 is 10.8 Å². The first-order valence-corrected chi connectivity index (χ1v) is 6.53. The number of carbonyl (C=O) groups is 2. The summed E-state index contributed by atoms with van der Waals surface area (Å²) in [4.78, 5) is 21.3. The number of nitrogens with one attached hydrogen (secondary N) is 1. The van der Waals surface area contributed by atoms with Crippen LogP contribution >= 0.6 is 0 Å². The van der Waals surface area contributed by atoms with Gasteiger partial charge in [0.25, 0.3) is 10.2 Å². The number of carboxylic acid groups (broad SMARTS) is 1. The van der Waals surface area contributed by atoms with Gasteiger partial charge >= 0.3 is 5.97 Å². The Labute approximate surface area is 99.0 Å². The molecule has 0 aliphatic carbocycles. The maximum absolute atomic E-state index is 11.7. The summed E-state index contributed by atoms with van der Waals surface area (Å²) in [6.07, 6.45) is 0.936. The van der Waals surface area contributed by atoms with Crippen molar-refractivity contribution in [3.05, 3.63) is 0 Å². The Hall–Kier alpha value is -1.19. The van der Waals surface area contributed by atoms with Gasteiger partial charge in [-0.2, -0.15) is 17.4 Å². The first-order valence-electron chi connectivity index (χ1n) is 5.09. The van der Waals surface area contributed by atoms with Crippen LogP contribution in [0.15, 0.2) is 0 Å². The SMILES string of the molecule is NC(=O)CNS(=O)(=O)N1CCCC(C(=O)O)C1. The smallest absolute Gasteiger partial charge is 0.307 e. The highest BCUT2D eigenvalue weighted by molar-refractivity contribution is 7.87. The number of hydrogen-bond acceptors (Lipinski definition) is 4. The average molecular weight is 265 g/mol. The number of piperidine rings is 1. The van der Waals surface area contributed by atoms with Crippen molar-refractivity contribution < 1.29 is 23.1 Å². The second kappa shape index (κ2) is 5.43. The van der Waals surface area contributed by atoms with Gasteiger partial charge in [0.05, 0.1) is 12.5 Å². The van der Waals surface area contributed by atoms with Gasteiger partial charge in [-0.05, 0) is 12.8 Å². The molecule has 1 heterocycles. The molecule has 0 aromatic heterocycles. The van der Waals surface area contributed by atoms with Crippen LogP contribution in [0.1, 0.15) is 12.8 Å². The molecule has 1 aliphatic rings. The lowest BCUT2D eigenvalue weighted by Crippen LogP contribution is -2.49. The molecule has 0 spiro atoms. The van der Waals surface area contributed by atoms with Gasteiger partial charge in [-0.25, -0.2) is 0 Å². The number of hydrogen-bond donors (Lipinski definition) is 3. The summed E-state index contributed by atoms with van der Waals surface area (Å²) in [6, 6.07) is 0. The predicted molar refractivity (Wildman–Crippen MR) is 58.0 cm³/mol. The fourth-order valence-electron chi connectivity index (χ4n) is 1.62. The van der Waals surface area contributed by atoms with Gasteiger partial charge in [-0.15, -0.1) is 0 Å². The normalized spacial score (nSPS) is 22.2. The zero-order valence-electron chi connectivity index (χ0n) is 9.13. The van der Waals surface area contributed by atoms with Crippen LogP contribution in [-0.4, -0.2) is 49.3 Å². The number of nitrogens with zero attached hydrogens (tertiary/aromatic N) is 1. The van der Waals surface area contributed by atoms with Crippen molar-refractivity contribution in [3.63, 3.8) is 0 Å². The summed E-state index contributed by atoms with van der Waals surface area (Å²) in [5.41, 5.74) is 4.83. The van der Waals surface area contributed by atoms with Gasteiger partial charge in [0.1, 0.15) is 0 Å². The van der Waals surface area contributed by atoms with Crippen molar-refractivity contribution in [2.24, 2.45) is 11.7 Å². The van der Waals surface area contributed by atoms with Crippen LogP contribution in [0, 0.1) is 5.92 Å². The summed E-state index contributed by atoms with van der Waals surface area (Å²) in [6.45, 7) is -0.322. The lowest BCUT2D eigenvalue weighted by molar-refractivity contribution is -0.142. The zero-order valence-corrected chi connectivity index (χ0v) is 9.94. The number of rotatable bonds is 5. The third-order valence-corrected chi connectivity index (χ3v) is 4.02. The monoisotopic (exact) mass is 265 g/mol. The van der Waals surface area contributed by atoms with Crippen LogP contribution in [0.2, 0.25) is 0 Å². The van der Waals surface area contributed by atoms with Crippen LogP contribution in [0.5, 0.6) is 0 Å². The zero-order chi connectivity index (χ0) is 13.1. The molecule has 0 aromatic carbocycles. The predicted octanol–water partition coefficient (Wildman–Crippen LogP) is -1.90. The molecule has 8 nitrogen and oxygen atoms in total. The van der Waals surface area contributed by atoms with Crippen molar-refractivity contribution in [2.45, 2.75) is 12.8 Å². The first-order chi connectivity index (χ1) is 7.83. The van der Waals surface area contributed by atoms with E-state index in [2.05, 4.69) is 0 Å². The Morgan fingerprint density at radius 1 is 1.47 bits per heavy atom. The Kier molecular flexibility index (Phi) is 4.43. The Balaban J connectivity index is 2.65. The maximum atomic E-state index is 11.7. The first kappa shape index (κ1) is 13.9. The third-order valence-electron chi connectivity index (χ3n) is 2.50. The van der Waals surface area contributed by atoms with Gasteiger partial charge in [-0.3, -0.25) is 9.59 Å². The third kappa shape index (κ3) is 3.95. The Bertz CT molecular complexity index is 407. The molecule has 4 N–H and O–H groups in total. The lowest BCUT2D eigenvalue weighted by Gasteiger charge is -2.29. The van der Waals surface area contributed by atoms with Gasteiger partial charge in [0, 0.05) is 13.1 Å². The van der Waals surface area contributed by atoms with Crippen molar-refractivity contribution >= 4 is 22.1 Å². The highest BCUT2D eigenvalue weighted by Gasteiger charge is 2.32. The quantitative estimate of drug-likeness (QED) is 0.534. The minimum Gasteiger partial charge on any atom is -0.481 e. The fourth-order valence-corrected chi connectivity index (χ4v) is 2.87. The highest BCUT2D eigenvalue weighted by atomic mass is 32.2. The standard InChI is InChI=1S/C8H15N3O5S/c9-7(12)4-10-17(15,16)11-3-1-2-6(5-11)8(13)14/h6,10H,1-5H2,(H2,9,12)(H,13,14). The largest absolute Gasteiger partial charge is 0.481 e. The number of carboxylic acids is 1. The summed E-state index contributed by atoms with van der Waals surface area (Å²) in [5.74, 6) is -2.51. The number of primary amides is 1. The van der Waals surface area contributed by atoms with E-state index in [1.54, 1.807) is 0 Å². The topological polar surface area (TPSA) is 130 Å². The van der Waals surface area contributed by atoms with E-state index in [9.17, 15) is 18.0 Å². The molecular weight excluding hydrogens is 250 g/mol. The summed E-state index contributed by atoms with van der Waals surface area (Å²) < 4.78 is 26.4. The van der Waals surface area contributed by atoms with E-state index < -0.39 is 34.5 Å². The van der Waals surface area contributed by atoms with E-state index in [4.69, 9.17) is 10.8 Å². The molecule has 1 aliphatic heterocycles. The number of carbonyl (C=O) groups excluding carboxylic acids is 1. The van der Waals surface area contributed by atoms with Crippen LogP contribution < -0.4 is 10.5 Å². The molecule has 9 heteroatoms. The molecule has 0 radical (unpaired) electrons. The Morgan fingerprint density at radius 3 is 2.65 bits per heavy atom. The van der Waals surface area contributed by atoms with Crippen LogP contribution in [0.3, 0.4) is 0 Å². The second-order valence-corrected chi connectivity index (χ2v) is 5.58. The van der Waals surface area contributed by atoms with Crippen molar-refractivity contribution in [1.29, 1.82) is 0 Å². The number of amides is 1. The van der Waals surface area contributed by atoms with Gasteiger partial charge in [0.15, 0.2) is 0 Å². The van der Waals surface area contributed by atoms with E-state index in [1.807, 2.05) is 4.72 Å². The molecule has 0 saturated carbocycles. The number of nitrogens with two attached hydrogens (primary N) is 1. The van der Waals surface area contributed by atoms with Crippen molar-refractivity contribution in [3.8, 4) is 0 Å². The molecule has 1 rings (SSSR count). The van der Waals surface area contributed by atoms with Gasteiger partial charge in [0.2, 0.25) is 5.91 Å². The van der Waals surface area contributed by atoms with E-state index >= 15 is 0 Å². The molecular formula is C8H15N3O5S. The molecule has 17 heavy (non-hydrogen) atoms. The van der Waals surface area contributed by atoms with Crippen LogP contribution in [0.25, 0.3) is 0 Å². The van der Waals surface area contributed by atoms with E-state index in [0.717, 1.165) is 4.31 Å². The number of aliphatic carboxylic acids is 1. The van der Waals surface area contributed by atoms with E-state index in [1.165, 1.54) is 0 Å². The van der Waals surface area contributed by atoms with E-state index in [0.29, 0.717) is 12.8 Å². The van der Waals surface area contributed by atoms with Crippen LogP contribution in [0.4, 0.5) is 0 Å². The Morgan fingerprint density at radius 2 is 2.12 bits per heavy atom.